The Labute approximate surface area is 98.3 Å². The van der Waals surface area contributed by atoms with Gasteiger partial charge in [-0.2, -0.15) is 0 Å². The summed E-state index contributed by atoms with van der Waals surface area (Å²) in [6.45, 7) is 3.93. The van der Waals surface area contributed by atoms with Gasteiger partial charge in [0.25, 0.3) is 0 Å². The molecule has 0 radical (unpaired) electrons. The molecule has 0 saturated heterocycles. The molecule has 0 aromatic heterocycles. The number of likely N-dealkylation sites (N-methyl/N-ethyl adjacent to an activating group) is 1. The fourth-order valence-corrected chi connectivity index (χ4v) is 1.33. The average molecular weight is 231 g/mol. The highest BCUT2D eigenvalue weighted by atomic mass is 16.5. The van der Waals surface area contributed by atoms with Crippen molar-refractivity contribution in [2.75, 3.05) is 46.9 Å². The van der Waals surface area contributed by atoms with E-state index in [2.05, 4.69) is 10.2 Å². The van der Waals surface area contributed by atoms with Crippen molar-refractivity contribution in [1.82, 2.24) is 10.2 Å². The van der Waals surface area contributed by atoms with E-state index in [1.54, 1.807) is 7.11 Å². The van der Waals surface area contributed by atoms with Gasteiger partial charge in [0.05, 0.1) is 0 Å². The van der Waals surface area contributed by atoms with Gasteiger partial charge in [-0.15, -0.1) is 0 Å². The van der Waals surface area contributed by atoms with Crippen molar-refractivity contribution in [3.63, 3.8) is 0 Å². The minimum Gasteiger partial charge on any atom is -0.385 e. The molecule has 0 aromatic carbocycles. The first-order chi connectivity index (χ1) is 7.70. The van der Waals surface area contributed by atoms with Crippen LogP contribution in [0.25, 0.3) is 0 Å². The number of rotatable bonds is 10. The third-order valence-corrected chi connectivity index (χ3v) is 2.31. The van der Waals surface area contributed by atoms with Crippen LogP contribution >= 0.6 is 0 Å². The van der Waals surface area contributed by atoms with Gasteiger partial charge in [0, 0.05) is 39.8 Å². The summed E-state index contributed by atoms with van der Waals surface area (Å²) in [4.78, 5) is 13.4. The predicted molar refractivity (Wildman–Crippen MR) is 65.3 cm³/mol. The van der Waals surface area contributed by atoms with Crippen LogP contribution in [-0.4, -0.2) is 57.8 Å². The molecule has 0 aliphatic carbocycles. The molecule has 0 aromatic rings. The van der Waals surface area contributed by atoms with Crippen LogP contribution in [0.15, 0.2) is 0 Å². The van der Waals surface area contributed by atoms with E-state index in [-0.39, 0.29) is 5.91 Å². The summed E-state index contributed by atoms with van der Waals surface area (Å²) in [5, 5.41) is 2.87. The van der Waals surface area contributed by atoms with E-state index in [1.165, 1.54) is 0 Å². The molecule has 0 aliphatic heterocycles. The minimum absolute atomic E-state index is 0.0933. The van der Waals surface area contributed by atoms with E-state index < -0.39 is 0 Å². The number of ether oxygens (including phenoxy) is 1. The normalized spacial score (nSPS) is 10.8. The Morgan fingerprint density at radius 1 is 1.38 bits per heavy atom. The highest BCUT2D eigenvalue weighted by molar-refractivity contribution is 5.75. The lowest BCUT2D eigenvalue weighted by atomic mass is 10.3. The van der Waals surface area contributed by atoms with Gasteiger partial charge in [-0.05, 0) is 26.4 Å². The first-order valence-electron chi connectivity index (χ1n) is 5.85. The van der Waals surface area contributed by atoms with E-state index in [0.717, 1.165) is 32.5 Å². The topological polar surface area (TPSA) is 67.6 Å². The van der Waals surface area contributed by atoms with E-state index in [0.29, 0.717) is 19.5 Å². The molecular weight excluding hydrogens is 206 g/mol. The molecule has 5 nitrogen and oxygen atoms in total. The van der Waals surface area contributed by atoms with Crippen molar-refractivity contribution < 1.29 is 9.53 Å². The number of carbonyl (C=O) groups excluding carboxylic acids is 1. The van der Waals surface area contributed by atoms with Gasteiger partial charge < -0.3 is 20.7 Å². The first kappa shape index (κ1) is 15.3. The second kappa shape index (κ2) is 10.9. The van der Waals surface area contributed by atoms with Crippen molar-refractivity contribution in [2.24, 2.45) is 5.73 Å². The van der Waals surface area contributed by atoms with Crippen molar-refractivity contribution in [1.29, 1.82) is 0 Å². The molecule has 0 bridgehead atoms. The quantitative estimate of drug-likeness (QED) is 0.511. The zero-order valence-electron chi connectivity index (χ0n) is 10.5. The van der Waals surface area contributed by atoms with E-state index in [4.69, 9.17) is 10.5 Å². The van der Waals surface area contributed by atoms with Crippen molar-refractivity contribution in [3.05, 3.63) is 0 Å². The Kier molecular flexibility index (Phi) is 10.4. The molecule has 0 spiro atoms. The summed E-state index contributed by atoms with van der Waals surface area (Å²) < 4.78 is 4.97. The number of amides is 1. The van der Waals surface area contributed by atoms with E-state index in [1.807, 2.05) is 7.05 Å². The van der Waals surface area contributed by atoms with Crippen LogP contribution in [0.3, 0.4) is 0 Å². The fourth-order valence-electron chi connectivity index (χ4n) is 1.33. The zero-order chi connectivity index (χ0) is 12.2. The van der Waals surface area contributed by atoms with Crippen LogP contribution < -0.4 is 11.1 Å². The van der Waals surface area contributed by atoms with Crippen LogP contribution in [-0.2, 0) is 9.53 Å². The van der Waals surface area contributed by atoms with Crippen LogP contribution in [0.1, 0.15) is 19.3 Å². The SMILES string of the molecule is COCCCN(C)CCNC(=O)CCCN. The lowest BCUT2D eigenvalue weighted by Gasteiger charge is -2.16. The molecule has 0 heterocycles. The average Bonchev–Trinajstić information content (AvgIpc) is 2.26. The number of carbonyl (C=O) groups is 1. The molecule has 1 amide bonds. The standard InChI is InChI=1S/C11H25N3O2/c1-14(8-4-10-16-2)9-7-13-11(15)5-3-6-12/h3-10,12H2,1-2H3,(H,13,15). The Hall–Kier alpha value is -0.650. The van der Waals surface area contributed by atoms with Gasteiger partial charge in [0.2, 0.25) is 5.91 Å². The molecule has 0 aliphatic rings. The van der Waals surface area contributed by atoms with Crippen LogP contribution in [0.2, 0.25) is 0 Å². The molecule has 0 fully saturated rings. The van der Waals surface area contributed by atoms with Crippen molar-refractivity contribution in [2.45, 2.75) is 19.3 Å². The molecule has 0 unspecified atom stereocenters. The molecule has 16 heavy (non-hydrogen) atoms. The number of hydrogen-bond donors (Lipinski definition) is 2. The summed E-state index contributed by atoms with van der Waals surface area (Å²) in [7, 11) is 3.75. The van der Waals surface area contributed by atoms with Crippen molar-refractivity contribution in [3.8, 4) is 0 Å². The molecule has 5 heteroatoms. The van der Waals surface area contributed by atoms with Gasteiger partial charge >= 0.3 is 0 Å². The minimum atomic E-state index is 0.0933. The zero-order valence-corrected chi connectivity index (χ0v) is 10.5. The Morgan fingerprint density at radius 3 is 2.75 bits per heavy atom. The summed E-state index contributed by atoms with van der Waals surface area (Å²) >= 11 is 0. The van der Waals surface area contributed by atoms with Gasteiger partial charge in [0.15, 0.2) is 0 Å². The van der Waals surface area contributed by atoms with Gasteiger partial charge in [-0.3, -0.25) is 4.79 Å². The van der Waals surface area contributed by atoms with Gasteiger partial charge in [0.1, 0.15) is 0 Å². The Morgan fingerprint density at radius 2 is 2.12 bits per heavy atom. The Bertz CT molecular complexity index is 177. The highest BCUT2D eigenvalue weighted by Gasteiger charge is 2.01. The second-order valence-corrected chi connectivity index (χ2v) is 3.89. The Balaban J connectivity index is 3.32. The second-order valence-electron chi connectivity index (χ2n) is 3.89. The van der Waals surface area contributed by atoms with Crippen molar-refractivity contribution >= 4 is 5.91 Å². The molecule has 0 rings (SSSR count). The lowest BCUT2D eigenvalue weighted by Crippen LogP contribution is -2.33. The molecule has 96 valence electrons. The lowest BCUT2D eigenvalue weighted by molar-refractivity contribution is -0.121. The number of hydrogen-bond acceptors (Lipinski definition) is 4. The van der Waals surface area contributed by atoms with Crippen LogP contribution in [0, 0.1) is 0 Å². The highest BCUT2D eigenvalue weighted by Crippen LogP contribution is 1.88. The fraction of sp³-hybridized carbons (Fsp3) is 0.909. The third kappa shape index (κ3) is 9.89. The summed E-state index contributed by atoms with van der Waals surface area (Å²) in [6.07, 6.45) is 2.31. The largest absolute Gasteiger partial charge is 0.385 e. The number of nitrogens with two attached hydrogens (primary N) is 1. The monoisotopic (exact) mass is 231 g/mol. The number of nitrogens with one attached hydrogen (secondary N) is 1. The van der Waals surface area contributed by atoms with Gasteiger partial charge in [-0.25, -0.2) is 0 Å². The molecule has 0 saturated carbocycles. The van der Waals surface area contributed by atoms with Gasteiger partial charge in [-0.1, -0.05) is 0 Å². The maximum Gasteiger partial charge on any atom is 0.220 e. The van der Waals surface area contributed by atoms with E-state index in [9.17, 15) is 4.79 Å². The molecule has 0 atom stereocenters. The summed E-state index contributed by atoms with van der Waals surface area (Å²) in [6, 6.07) is 0. The maximum absolute atomic E-state index is 11.2. The smallest absolute Gasteiger partial charge is 0.220 e. The molecular formula is C11H25N3O2. The number of nitrogens with zero attached hydrogens (tertiary/aromatic N) is 1. The van der Waals surface area contributed by atoms with Crippen LogP contribution in [0.4, 0.5) is 0 Å². The predicted octanol–water partition coefficient (Wildman–Crippen LogP) is -0.190. The van der Waals surface area contributed by atoms with E-state index >= 15 is 0 Å². The first-order valence-corrected chi connectivity index (χ1v) is 5.85. The molecule has 3 N–H and O–H groups in total. The third-order valence-electron chi connectivity index (χ3n) is 2.31. The number of methoxy groups -OCH3 is 1. The maximum atomic E-state index is 11.2. The van der Waals surface area contributed by atoms with Crippen LogP contribution in [0.5, 0.6) is 0 Å². The summed E-state index contributed by atoms with van der Waals surface area (Å²) in [5.41, 5.74) is 5.32. The summed E-state index contributed by atoms with van der Waals surface area (Å²) in [5.74, 6) is 0.0933.